The summed E-state index contributed by atoms with van der Waals surface area (Å²) in [6, 6.07) is 5.42. The fraction of sp³-hybridized carbons (Fsp3) is 0.571. The zero-order valence-corrected chi connectivity index (χ0v) is 20.2. The van der Waals surface area contributed by atoms with E-state index in [1.165, 1.54) is 41.8 Å². The van der Waals surface area contributed by atoms with E-state index < -0.39 is 10.0 Å². The highest BCUT2D eigenvalue weighted by Crippen LogP contribution is 2.27. The zero-order chi connectivity index (χ0) is 22.7. The topological polar surface area (TPSA) is 98.7 Å². The van der Waals surface area contributed by atoms with Crippen molar-refractivity contribution in [2.24, 2.45) is 0 Å². The molecule has 0 atom stereocenters. The first-order valence-electron chi connectivity index (χ1n) is 11.0. The Morgan fingerprint density at radius 1 is 1.00 bits per heavy atom. The highest BCUT2D eigenvalue weighted by atomic mass is 32.2. The van der Waals surface area contributed by atoms with Gasteiger partial charge in [-0.1, -0.05) is 0 Å². The molecule has 2 saturated heterocycles. The summed E-state index contributed by atoms with van der Waals surface area (Å²) in [7, 11) is -3.55. The minimum absolute atomic E-state index is 0.137. The van der Waals surface area contributed by atoms with Crippen LogP contribution in [0.2, 0.25) is 0 Å². The van der Waals surface area contributed by atoms with Gasteiger partial charge in [0, 0.05) is 57.1 Å². The summed E-state index contributed by atoms with van der Waals surface area (Å²) in [5.41, 5.74) is 0. The fourth-order valence-corrected chi connectivity index (χ4v) is 6.94. The molecule has 0 radical (unpaired) electrons. The number of anilines is 2. The molecule has 2 fully saturated rings. The van der Waals surface area contributed by atoms with Crippen molar-refractivity contribution in [1.82, 2.24) is 19.6 Å². The summed E-state index contributed by atoms with van der Waals surface area (Å²) in [5, 5.41) is 2.70. The Labute approximate surface area is 193 Å². The molecule has 0 saturated carbocycles. The maximum atomic E-state index is 13.1. The molecule has 2 aliphatic heterocycles. The summed E-state index contributed by atoms with van der Waals surface area (Å²) >= 11 is 1.21. The molecule has 4 rings (SSSR count). The van der Waals surface area contributed by atoms with Crippen molar-refractivity contribution < 1.29 is 13.2 Å². The van der Waals surface area contributed by atoms with E-state index in [4.69, 9.17) is 0 Å². The van der Waals surface area contributed by atoms with Gasteiger partial charge in [0.15, 0.2) is 0 Å². The van der Waals surface area contributed by atoms with Gasteiger partial charge in [0.1, 0.15) is 21.7 Å². The van der Waals surface area contributed by atoms with Crippen LogP contribution in [0.4, 0.5) is 11.6 Å². The number of hydrogen-bond donors (Lipinski definition) is 1. The molecule has 0 aliphatic carbocycles. The predicted molar refractivity (Wildman–Crippen MR) is 126 cm³/mol. The molecule has 4 heterocycles. The summed E-state index contributed by atoms with van der Waals surface area (Å²) in [6.07, 6.45) is 3.64. The number of nitrogens with zero attached hydrogens (tertiary/aromatic N) is 5. The lowest BCUT2D eigenvalue weighted by Gasteiger charge is -2.35. The molecule has 1 amide bonds. The third-order valence-electron chi connectivity index (χ3n) is 5.80. The van der Waals surface area contributed by atoms with E-state index >= 15 is 0 Å². The van der Waals surface area contributed by atoms with Crippen LogP contribution in [0.25, 0.3) is 0 Å². The summed E-state index contributed by atoms with van der Waals surface area (Å²) < 4.78 is 28.0. The second kappa shape index (κ2) is 9.72. The molecule has 0 unspecified atom stereocenters. The van der Waals surface area contributed by atoms with Crippen molar-refractivity contribution >= 4 is 38.9 Å². The number of rotatable bonds is 6. The van der Waals surface area contributed by atoms with Gasteiger partial charge in [0.2, 0.25) is 5.91 Å². The SMILES string of the molecule is CC(=O)NCc1ccc(S(=O)(=O)N2CCN(c3cc(N4CCCCC4)nc(C)n3)CC2)s1. The Hall–Kier alpha value is -2.24. The Kier molecular flexibility index (Phi) is 6.96. The molecule has 0 spiro atoms. The largest absolute Gasteiger partial charge is 0.356 e. The molecule has 11 heteroatoms. The molecule has 1 N–H and O–H groups in total. The molecular weight excluding hydrogens is 448 g/mol. The van der Waals surface area contributed by atoms with Crippen molar-refractivity contribution in [3.63, 3.8) is 0 Å². The van der Waals surface area contributed by atoms with Crippen LogP contribution in [0.5, 0.6) is 0 Å². The lowest BCUT2D eigenvalue weighted by Crippen LogP contribution is -2.48. The summed E-state index contributed by atoms with van der Waals surface area (Å²) in [6.45, 7) is 7.71. The van der Waals surface area contributed by atoms with Crippen LogP contribution >= 0.6 is 11.3 Å². The number of nitrogens with one attached hydrogen (secondary N) is 1. The molecule has 32 heavy (non-hydrogen) atoms. The third-order valence-corrected chi connectivity index (χ3v) is 9.25. The van der Waals surface area contributed by atoms with Crippen LogP contribution in [0.1, 0.15) is 36.9 Å². The number of hydrogen-bond acceptors (Lipinski definition) is 8. The van der Waals surface area contributed by atoms with Gasteiger partial charge in [-0.05, 0) is 38.3 Å². The fourth-order valence-electron chi connectivity index (χ4n) is 4.07. The monoisotopic (exact) mass is 478 g/mol. The molecule has 0 bridgehead atoms. The van der Waals surface area contributed by atoms with Crippen LogP contribution in [0, 0.1) is 6.92 Å². The standard InChI is InChI=1S/C21H30N6O3S2/c1-16-23-19(25-8-4-3-5-9-25)14-20(24-16)26-10-12-27(13-11-26)32(29,30)21-7-6-18(31-21)15-22-17(2)28/h6-7,14H,3-5,8-13,15H2,1-2H3,(H,22,28). The minimum atomic E-state index is -3.55. The van der Waals surface area contributed by atoms with Crippen molar-refractivity contribution in [3.05, 3.63) is 28.9 Å². The van der Waals surface area contributed by atoms with E-state index in [2.05, 4.69) is 25.1 Å². The van der Waals surface area contributed by atoms with Gasteiger partial charge in [0.25, 0.3) is 10.0 Å². The molecule has 174 valence electrons. The van der Waals surface area contributed by atoms with Crippen molar-refractivity contribution in [3.8, 4) is 0 Å². The van der Waals surface area contributed by atoms with Gasteiger partial charge in [0.05, 0.1) is 6.54 Å². The number of amides is 1. The van der Waals surface area contributed by atoms with Gasteiger partial charge in [-0.25, -0.2) is 18.4 Å². The molecule has 2 aromatic rings. The smallest absolute Gasteiger partial charge is 0.252 e. The van der Waals surface area contributed by atoms with Crippen LogP contribution in [0.3, 0.4) is 0 Å². The summed E-state index contributed by atoms with van der Waals surface area (Å²) in [5.74, 6) is 2.43. The van der Waals surface area contributed by atoms with E-state index in [0.29, 0.717) is 36.9 Å². The first-order chi connectivity index (χ1) is 15.3. The van der Waals surface area contributed by atoms with Gasteiger partial charge >= 0.3 is 0 Å². The molecule has 2 aromatic heterocycles. The van der Waals surface area contributed by atoms with E-state index in [1.807, 2.05) is 13.0 Å². The maximum Gasteiger partial charge on any atom is 0.252 e. The Bertz CT molecular complexity index is 1060. The number of thiophene rings is 1. The van der Waals surface area contributed by atoms with E-state index in [1.54, 1.807) is 12.1 Å². The second-order valence-corrected chi connectivity index (χ2v) is 11.5. The predicted octanol–water partition coefficient (Wildman–Crippen LogP) is 1.98. The van der Waals surface area contributed by atoms with Gasteiger partial charge in [-0.3, -0.25) is 4.79 Å². The normalized spacial score (nSPS) is 18.1. The summed E-state index contributed by atoms with van der Waals surface area (Å²) in [4.78, 5) is 25.6. The lowest BCUT2D eigenvalue weighted by atomic mass is 10.1. The number of carbonyl (C=O) groups excluding carboxylic acids is 1. The van der Waals surface area contributed by atoms with Crippen molar-refractivity contribution in [1.29, 1.82) is 0 Å². The number of aryl methyl sites for hydroxylation is 1. The van der Waals surface area contributed by atoms with Gasteiger partial charge < -0.3 is 15.1 Å². The van der Waals surface area contributed by atoms with Crippen molar-refractivity contribution in [2.75, 3.05) is 49.1 Å². The van der Waals surface area contributed by atoms with Crippen LogP contribution in [-0.2, 0) is 21.4 Å². The average Bonchev–Trinajstić information content (AvgIpc) is 3.28. The first-order valence-corrected chi connectivity index (χ1v) is 13.3. The number of carbonyl (C=O) groups is 1. The van der Waals surface area contributed by atoms with E-state index in [-0.39, 0.29) is 5.91 Å². The Morgan fingerprint density at radius 3 is 2.25 bits per heavy atom. The minimum Gasteiger partial charge on any atom is -0.356 e. The number of sulfonamides is 1. The number of piperazine rings is 1. The average molecular weight is 479 g/mol. The van der Waals surface area contributed by atoms with E-state index in [9.17, 15) is 13.2 Å². The van der Waals surface area contributed by atoms with Crippen LogP contribution in [0.15, 0.2) is 22.4 Å². The lowest BCUT2D eigenvalue weighted by molar-refractivity contribution is -0.119. The third kappa shape index (κ3) is 5.21. The Balaban J connectivity index is 1.41. The van der Waals surface area contributed by atoms with Gasteiger partial charge in [-0.15, -0.1) is 11.3 Å². The zero-order valence-electron chi connectivity index (χ0n) is 18.6. The van der Waals surface area contributed by atoms with Crippen LogP contribution < -0.4 is 15.1 Å². The molecule has 0 aromatic carbocycles. The van der Waals surface area contributed by atoms with Gasteiger partial charge in [-0.2, -0.15) is 4.31 Å². The van der Waals surface area contributed by atoms with Crippen molar-refractivity contribution in [2.45, 2.75) is 43.9 Å². The molecule has 9 nitrogen and oxygen atoms in total. The highest BCUT2D eigenvalue weighted by molar-refractivity contribution is 7.91. The first kappa shape index (κ1) is 22.9. The number of aromatic nitrogens is 2. The maximum absolute atomic E-state index is 13.1. The quantitative estimate of drug-likeness (QED) is 0.678. The second-order valence-electron chi connectivity index (χ2n) is 8.20. The van der Waals surface area contributed by atoms with E-state index in [0.717, 1.165) is 35.4 Å². The number of piperidine rings is 1. The molecule has 2 aliphatic rings. The Morgan fingerprint density at radius 2 is 1.62 bits per heavy atom. The highest BCUT2D eigenvalue weighted by Gasteiger charge is 2.30. The molecular formula is C21H30N6O3S2. The van der Waals surface area contributed by atoms with Crippen LogP contribution in [-0.4, -0.2) is 67.9 Å².